The van der Waals surface area contributed by atoms with E-state index in [0.717, 1.165) is 11.8 Å². The maximum absolute atomic E-state index is 11.4. The van der Waals surface area contributed by atoms with Gasteiger partial charge in [0.1, 0.15) is 11.4 Å². The Morgan fingerprint density at radius 1 is 1.43 bits per heavy atom. The number of imide groups is 1. The number of aromatic nitrogens is 4. The predicted octanol–water partition coefficient (Wildman–Crippen LogP) is -0.0421. The average molecular weight is 308 g/mol. The molecule has 1 heterocycles. The highest BCUT2D eigenvalue weighted by Crippen LogP contribution is 2.25. The topological polar surface area (TPSA) is 125 Å². The number of tetrazole rings is 1. The fourth-order valence-corrected chi connectivity index (χ4v) is 2.21. The molecular weight excluding hydrogens is 296 g/mol. The summed E-state index contributed by atoms with van der Waals surface area (Å²) in [5, 5.41) is 13.6. The molecule has 2 rings (SSSR count). The molecule has 10 heteroatoms. The number of urea groups is 1. The van der Waals surface area contributed by atoms with Crippen LogP contribution < -0.4 is 15.8 Å². The van der Waals surface area contributed by atoms with Crippen LogP contribution in [-0.2, 0) is 4.79 Å². The molecule has 0 aliphatic rings. The maximum atomic E-state index is 11.4. The van der Waals surface area contributed by atoms with Gasteiger partial charge in [0.25, 0.3) is 0 Å². The summed E-state index contributed by atoms with van der Waals surface area (Å²) in [5.74, 6) is 0.0219. The lowest BCUT2D eigenvalue weighted by Gasteiger charge is -2.08. The van der Waals surface area contributed by atoms with Gasteiger partial charge in [-0.05, 0) is 22.6 Å². The molecule has 0 aliphatic carbocycles. The molecule has 0 unspecified atom stereocenters. The standard InChI is InChI=1S/C11H12N6O3S/c1-20-8-5-3-2-4-7(8)17-11(14-15-16-17)21-6-9(18)13-10(12)19/h2-5H,6H2,1H3,(H3,12,13,18,19). The summed E-state index contributed by atoms with van der Waals surface area (Å²) < 4.78 is 6.68. The molecule has 0 bridgehead atoms. The van der Waals surface area contributed by atoms with E-state index in [1.165, 1.54) is 11.8 Å². The van der Waals surface area contributed by atoms with E-state index in [-0.39, 0.29) is 5.75 Å². The van der Waals surface area contributed by atoms with Crippen LogP contribution >= 0.6 is 11.8 Å². The van der Waals surface area contributed by atoms with Gasteiger partial charge in [-0.2, -0.15) is 4.68 Å². The lowest BCUT2D eigenvalue weighted by molar-refractivity contribution is -0.117. The molecular formula is C11H12N6O3S. The number of hydrogen-bond donors (Lipinski definition) is 2. The summed E-state index contributed by atoms with van der Waals surface area (Å²) in [6.45, 7) is 0. The maximum Gasteiger partial charge on any atom is 0.318 e. The highest BCUT2D eigenvalue weighted by molar-refractivity contribution is 7.99. The van der Waals surface area contributed by atoms with Gasteiger partial charge >= 0.3 is 6.03 Å². The Hall–Kier alpha value is -2.62. The van der Waals surface area contributed by atoms with Crippen molar-refractivity contribution in [3.05, 3.63) is 24.3 Å². The van der Waals surface area contributed by atoms with E-state index < -0.39 is 11.9 Å². The molecule has 0 radical (unpaired) electrons. The van der Waals surface area contributed by atoms with Crippen molar-refractivity contribution in [3.8, 4) is 11.4 Å². The second kappa shape index (κ2) is 6.70. The molecule has 2 aromatic rings. The lowest BCUT2D eigenvalue weighted by Crippen LogP contribution is -2.36. The van der Waals surface area contributed by atoms with Crippen molar-refractivity contribution in [1.29, 1.82) is 0 Å². The molecule has 0 atom stereocenters. The Balaban J connectivity index is 2.15. The first-order chi connectivity index (χ1) is 10.1. The van der Waals surface area contributed by atoms with Crippen LogP contribution in [-0.4, -0.2) is 45.0 Å². The normalized spacial score (nSPS) is 10.1. The number of nitrogens with two attached hydrogens (primary N) is 1. The number of methoxy groups -OCH3 is 1. The minimum atomic E-state index is -0.898. The van der Waals surface area contributed by atoms with Crippen molar-refractivity contribution in [2.24, 2.45) is 5.73 Å². The van der Waals surface area contributed by atoms with Crippen LogP contribution in [0, 0.1) is 0 Å². The van der Waals surface area contributed by atoms with Gasteiger partial charge in [0.15, 0.2) is 0 Å². The Bertz CT molecular complexity index is 659. The zero-order chi connectivity index (χ0) is 15.2. The van der Waals surface area contributed by atoms with Crippen LogP contribution in [0.25, 0.3) is 5.69 Å². The van der Waals surface area contributed by atoms with E-state index in [0.29, 0.717) is 16.6 Å². The van der Waals surface area contributed by atoms with Gasteiger partial charge in [-0.25, -0.2) is 4.79 Å². The van der Waals surface area contributed by atoms with Gasteiger partial charge in [-0.15, -0.1) is 5.10 Å². The van der Waals surface area contributed by atoms with Crippen molar-refractivity contribution in [2.45, 2.75) is 5.16 Å². The number of thioether (sulfide) groups is 1. The fourth-order valence-electron chi connectivity index (χ4n) is 1.53. The lowest BCUT2D eigenvalue weighted by atomic mass is 10.3. The number of hydrogen-bond acceptors (Lipinski definition) is 7. The number of primary amides is 1. The zero-order valence-electron chi connectivity index (χ0n) is 11.0. The van der Waals surface area contributed by atoms with Gasteiger partial charge in [0.2, 0.25) is 11.1 Å². The van der Waals surface area contributed by atoms with Gasteiger partial charge in [-0.3, -0.25) is 10.1 Å². The molecule has 0 spiro atoms. The summed E-state index contributed by atoms with van der Waals surface area (Å²) in [6.07, 6.45) is 0. The molecule has 0 saturated carbocycles. The number of benzene rings is 1. The third kappa shape index (κ3) is 3.69. The van der Waals surface area contributed by atoms with Gasteiger partial charge in [0, 0.05) is 0 Å². The molecule has 1 aromatic carbocycles. The van der Waals surface area contributed by atoms with Crippen molar-refractivity contribution in [2.75, 3.05) is 12.9 Å². The summed E-state index contributed by atoms with van der Waals surface area (Å²) in [7, 11) is 1.54. The largest absolute Gasteiger partial charge is 0.494 e. The van der Waals surface area contributed by atoms with Gasteiger partial charge in [-0.1, -0.05) is 23.9 Å². The van der Waals surface area contributed by atoms with Gasteiger partial charge < -0.3 is 10.5 Å². The van der Waals surface area contributed by atoms with E-state index in [1.54, 1.807) is 12.1 Å². The fraction of sp³-hybridized carbons (Fsp3) is 0.182. The quantitative estimate of drug-likeness (QED) is 0.742. The second-order valence-corrected chi connectivity index (χ2v) is 4.69. The first-order valence-electron chi connectivity index (χ1n) is 5.75. The molecule has 9 nitrogen and oxygen atoms in total. The first kappa shape index (κ1) is 14.8. The molecule has 1 aromatic heterocycles. The third-order valence-corrected chi connectivity index (χ3v) is 3.27. The summed E-state index contributed by atoms with van der Waals surface area (Å²) >= 11 is 1.07. The number of para-hydroxylation sites is 2. The van der Waals surface area contributed by atoms with Crippen molar-refractivity contribution >= 4 is 23.7 Å². The third-order valence-electron chi connectivity index (χ3n) is 2.35. The number of carbonyl (C=O) groups excluding carboxylic acids is 2. The predicted molar refractivity (Wildman–Crippen MR) is 74.2 cm³/mol. The van der Waals surface area contributed by atoms with Crippen LogP contribution in [0.3, 0.4) is 0 Å². The second-order valence-electron chi connectivity index (χ2n) is 3.75. The Labute approximate surface area is 123 Å². The van der Waals surface area contributed by atoms with Crippen LogP contribution in [0.1, 0.15) is 0 Å². The van der Waals surface area contributed by atoms with Crippen LogP contribution in [0.5, 0.6) is 5.75 Å². The van der Waals surface area contributed by atoms with Crippen LogP contribution in [0.4, 0.5) is 4.79 Å². The SMILES string of the molecule is COc1ccccc1-n1nnnc1SCC(=O)NC(N)=O. The van der Waals surface area contributed by atoms with Crippen molar-refractivity contribution in [1.82, 2.24) is 25.5 Å². The highest BCUT2D eigenvalue weighted by Gasteiger charge is 2.14. The average Bonchev–Trinajstić information content (AvgIpc) is 2.92. The molecule has 110 valence electrons. The molecule has 0 saturated heterocycles. The number of carbonyl (C=O) groups is 2. The summed E-state index contributed by atoms with van der Waals surface area (Å²) in [4.78, 5) is 21.9. The minimum absolute atomic E-state index is 0.0432. The number of amides is 3. The molecule has 21 heavy (non-hydrogen) atoms. The summed E-state index contributed by atoms with van der Waals surface area (Å²) in [6, 6.07) is 6.28. The van der Waals surface area contributed by atoms with Crippen LogP contribution in [0.2, 0.25) is 0 Å². The Kier molecular flexibility index (Phi) is 4.72. The van der Waals surface area contributed by atoms with E-state index in [9.17, 15) is 9.59 Å². The number of rotatable bonds is 5. The highest BCUT2D eigenvalue weighted by atomic mass is 32.2. The van der Waals surface area contributed by atoms with Gasteiger partial charge in [0.05, 0.1) is 12.9 Å². The van der Waals surface area contributed by atoms with Crippen molar-refractivity contribution in [3.63, 3.8) is 0 Å². The number of ether oxygens (including phenoxy) is 1. The van der Waals surface area contributed by atoms with E-state index in [1.807, 2.05) is 17.4 Å². The zero-order valence-corrected chi connectivity index (χ0v) is 11.8. The first-order valence-corrected chi connectivity index (χ1v) is 6.74. The van der Waals surface area contributed by atoms with E-state index in [4.69, 9.17) is 10.5 Å². The monoisotopic (exact) mass is 308 g/mol. The minimum Gasteiger partial charge on any atom is -0.494 e. The number of nitrogens with one attached hydrogen (secondary N) is 1. The van der Waals surface area contributed by atoms with E-state index in [2.05, 4.69) is 15.5 Å². The van der Waals surface area contributed by atoms with E-state index >= 15 is 0 Å². The van der Waals surface area contributed by atoms with Crippen LogP contribution in [0.15, 0.2) is 29.4 Å². The molecule has 3 amide bonds. The Morgan fingerprint density at radius 3 is 2.90 bits per heavy atom. The smallest absolute Gasteiger partial charge is 0.318 e. The molecule has 0 aliphatic heterocycles. The summed E-state index contributed by atoms with van der Waals surface area (Å²) in [5.41, 5.74) is 5.50. The number of nitrogens with zero attached hydrogens (tertiary/aromatic N) is 4. The molecule has 0 fully saturated rings. The Morgan fingerprint density at radius 2 is 2.19 bits per heavy atom. The van der Waals surface area contributed by atoms with Crippen molar-refractivity contribution < 1.29 is 14.3 Å². The molecule has 3 N–H and O–H groups in total.